The lowest BCUT2D eigenvalue weighted by molar-refractivity contribution is 0.0160. The fourth-order valence-corrected chi connectivity index (χ4v) is 3.25. The molecule has 0 saturated carbocycles. The van der Waals surface area contributed by atoms with E-state index in [1.807, 2.05) is 24.3 Å². The fourth-order valence-electron chi connectivity index (χ4n) is 3.25. The Morgan fingerprint density at radius 1 is 1.16 bits per heavy atom. The van der Waals surface area contributed by atoms with E-state index in [0.717, 1.165) is 49.7 Å². The van der Waals surface area contributed by atoms with Crippen molar-refractivity contribution in [2.45, 2.75) is 12.6 Å². The van der Waals surface area contributed by atoms with Crippen LogP contribution in [0.3, 0.4) is 0 Å². The first-order valence-electron chi connectivity index (χ1n) is 8.68. The number of para-hydroxylation sites is 1. The third-order valence-electron chi connectivity index (χ3n) is 4.57. The number of benzene rings is 2. The van der Waals surface area contributed by atoms with Crippen molar-refractivity contribution in [2.75, 3.05) is 40.0 Å². The third-order valence-corrected chi connectivity index (χ3v) is 4.57. The van der Waals surface area contributed by atoms with Gasteiger partial charge in [-0.15, -0.1) is 0 Å². The van der Waals surface area contributed by atoms with Crippen molar-refractivity contribution >= 4 is 0 Å². The molecule has 1 aliphatic heterocycles. The molecule has 134 valence electrons. The summed E-state index contributed by atoms with van der Waals surface area (Å²) in [4.78, 5) is 2.35. The molecule has 1 unspecified atom stereocenters. The molecular weight excluding hydrogens is 319 g/mol. The highest BCUT2D eigenvalue weighted by Crippen LogP contribution is 2.23. The lowest BCUT2D eigenvalue weighted by atomic mass is 10.0. The molecule has 0 spiro atoms. The molecule has 25 heavy (non-hydrogen) atoms. The lowest BCUT2D eigenvalue weighted by Gasteiger charge is -2.35. The summed E-state index contributed by atoms with van der Waals surface area (Å²) in [6, 6.07) is 15.0. The molecule has 0 aliphatic carbocycles. The van der Waals surface area contributed by atoms with Gasteiger partial charge in [-0.1, -0.05) is 30.3 Å². The molecular formula is C20H25FN2O2. The zero-order valence-electron chi connectivity index (χ0n) is 14.6. The normalized spacial score (nSPS) is 16.6. The highest BCUT2D eigenvalue weighted by atomic mass is 19.1. The van der Waals surface area contributed by atoms with Crippen LogP contribution >= 0.6 is 0 Å². The van der Waals surface area contributed by atoms with Crippen LogP contribution in [0.1, 0.15) is 17.2 Å². The van der Waals surface area contributed by atoms with Crippen molar-refractivity contribution in [3.63, 3.8) is 0 Å². The van der Waals surface area contributed by atoms with E-state index in [4.69, 9.17) is 9.47 Å². The Morgan fingerprint density at radius 2 is 1.96 bits per heavy atom. The summed E-state index contributed by atoms with van der Waals surface area (Å²) >= 11 is 0. The number of methoxy groups -OCH3 is 1. The summed E-state index contributed by atoms with van der Waals surface area (Å²) in [7, 11) is 1.68. The standard InChI is InChI=1S/C20H25FN2O2/c1-24-20-8-3-2-5-17(20)14-22-15-19(23-9-11-25-12-10-23)16-6-4-7-18(21)13-16/h2-8,13,19,22H,9-12,14-15H2,1H3. The van der Waals surface area contributed by atoms with Gasteiger partial charge >= 0.3 is 0 Å². The first-order valence-corrected chi connectivity index (χ1v) is 8.68. The van der Waals surface area contributed by atoms with Crippen molar-refractivity contribution < 1.29 is 13.9 Å². The van der Waals surface area contributed by atoms with Crippen LogP contribution in [0.25, 0.3) is 0 Å². The van der Waals surface area contributed by atoms with Gasteiger partial charge < -0.3 is 14.8 Å². The Balaban J connectivity index is 1.69. The highest BCUT2D eigenvalue weighted by Gasteiger charge is 2.22. The topological polar surface area (TPSA) is 33.7 Å². The molecule has 0 radical (unpaired) electrons. The van der Waals surface area contributed by atoms with E-state index >= 15 is 0 Å². The van der Waals surface area contributed by atoms with Crippen LogP contribution in [0.2, 0.25) is 0 Å². The van der Waals surface area contributed by atoms with E-state index in [1.165, 1.54) is 6.07 Å². The number of nitrogens with zero attached hydrogens (tertiary/aromatic N) is 1. The average Bonchev–Trinajstić information content (AvgIpc) is 2.66. The summed E-state index contributed by atoms with van der Waals surface area (Å²) in [5.41, 5.74) is 2.11. The number of nitrogens with one attached hydrogen (secondary N) is 1. The Kier molecular flexibility index (Phi) is 6.39. The maximum absolute atomic E-state index is 13.7. The number of halogens is 1. The molecule has 2 aromatic carbocycles. The van der Waals surface area contributed by atoms with Crippen LogP contribution in [0.15, 0.2) is 48.5 Å². The number of hydrogen-bond donors (Lipinski definition) is 1. The quantitative estimate of drug-likeness (QED) is 0.837. The lowest BCUT2D eigenvalue weighted by Crippen LogP contribution is -2.42. The predicted molar refractivity (Wildman–Crippen MR) is 96.2 cm³/mol. The smallest absolute Gasteiger partial charge is 0.123 e. The SMILES string of the molecule is COc1ccccc1CNCC(c1cccc(F)c1)N1CCOCC1. The Bertz CT molecular complexity index is 674. The minimum Gasteiger partial charge on any atom is -0.496 e. The Hall–Kier alpha value is -1.95. The zero-order chi connectivity index (χ0) is 17.5. The summed E-state index contributed by atoms with van der Waals surface area (Å²) in [6.45, 7) is 4.60. The molecule has 1 aliphatic rings. The highest BCUT2D eigenvalue weighted by molar-refractivity contribution is 5.33. The molecule has 1 fully saturated rings. The van der Waals surface area contributed by atoms with Crippen molar-refractivity contribution in [2.24, 2.45) is 0 Å². The van der Waals surface area contributed by atoms with Crippen LogP contribution in [-0.4, -0.2) is 44.9 Å². The number of rotatable bonds is 7. The van der Waals surface area contributed by atoms with Crippen LogP contribution in [0, 0.1) is 5.82 Å². The van der Waals surface area contributed by atoms with Gasteiger partial charge in [-0.25, -0.2) is 4.39 Å². The Labute approximate surface area is 148 Å². The molecule has 2 aromatic rings. The second kappa shape index (κ2) is 8.94. The molecule has 5 heteroatoms. The van der Waals surface area contributed by atoms with Gasteiger partial charge in [0.25, 0.3) is 0 Å². The largest absolute Gasteiger partial charge is 0.496 e. The average molecular weight is 344 g/mol. The number of morpholine rings is 1. The van der Waals surface area contributed by atoms with E-state index in [-0.39, 0.29) is 11.9 Å². The summed E-state index contributed by atoms with van der Waals surface area (Å²) in [6.07, 6.45) is 0. The van der Waals surface area contributed by atoms with Crippen molar-refractivity contribution in [3.05, 3.63) is 65.5 Å². The molecule has 0 aromatic heterocycles. The van der Waals surface area contributed by atoms with E-state index in [1.54, 1.807) is 19.2 Å². The van der Waals surface area contributed by atoms with E-state index < -0.39 is 0 Å². The van der Waals surface area contributed by atoms with Gasteiger partial charge in [0.2, 0.25) is 0 Å². The molecule has 3 rings (SSSR count). The zero-order valence-corrected chi connectivity index (χ0v) is 14.6. The predicted octanol–water partition coefficient (Wildman–Crippen LogP) is 3.00. The third kappa shape index (κ3) is 4.78. The minimum atomic E-state index is -0.194. The maximum Gasteiger partial charge on any atom is 0.123 e. The van der Waals surface area contributed by atoms with E-state index in [9.17, 15) is 4.39 Å². The second-order valence-corrected chi connectivity index (χ2v) is 6.16. The van der Waals surface area contributed by atoms with Gasteiger partial charge in [-0.2, -0.15) is 0 Å². The van der Waals surface area contributed by atoms with E-state index in [2.05, 4.69) is 16.3 Å². The summed E-state index contributed by atoms with van der Waals surface area (Å²) < 4.78 is 24.6. The number of ether oxygens (including phenoxy) is 2. The van der Waals surface area contributed by atoms with Crippen LogP contribution in [0.4, 0.5) is 4.39 Å². The maximum atomic E-state index is 13.7. The van der Waals surface area contributed by atoms with Crippen LogP contribution in [0.5, 0.6) is 5.75 Å². The van der Waals surface area contributed by atoms with Gasteiger partial charge in [0.15, 0.2) is 0 Å². The van der Waals surface area contributed by atoms with E-state index in [0.29, 0.717) is 6.54 Å². The first kappa shape index (κ1) is 17.9. The first-order chi connectivity index (χ1) is 12.3. The van der Waals surface area contributed by atoms with Gasteiger partial charge in [-0.05, 0) is 23.8 Å². The molecule has 1 atom stereocenters. The van der Waals surface area contributed by atoms with Gasteiger partial charge in [0.1, 0.15) is 11.6 Å². The van der Waals surface area contributed by atoms with Crippen LogP contribution in [-0.2, 0) is 11.3 Å². The van der Waals surface area contributed by atoms with Crippen molar-refractivity contribution in [1.82, 2.24) is 10.2 Å². The van der Waals surface area contributed by atoms with Crippen LogP contribution < -0.4 is 10.1 Å². The monoisotopic (exact) mass is 344 g/mol. The van der Waals surface area contributed by atoms with Crippen molar-refractivity contribution in [3.8, 4) is 5.75 Å². The molecule has 0 amide bonds. The van der Waals surface area contributed by atoms with Gasteiger partial charge in [0, 0.05) is 37.8 Å². The van der Waals surface area contributed by atoms with Gasteiger partial charge in [0.05, 0.1) is 20.3 Å². The number of hydrogen-bond acceptors (Lipinski definition) is 4. The Morgan fingerprint density at radius 3 is 2.72 bits per heavy atom. The minimum absolute atomic E-state index is 0.120. The summed E-state index contributed by atoms with van der Waals surface area (Å²) in [5.74, 6) is 0.684. The van der Waals surface area contributed by atoms with Crippen molar-refractivity contribution in [1.29, 1.82) is 0 Å². The van der Waals surface area contributed by atoms with Gasteiger partial charge in [-0.3, -0.25) is 4.90 Å². The molecule has 0 bridgehead atoms. The molecule has 1 N–H and O–H groups in total. The second-order valence-electron chi connectivity index (χ2n) is 6.16. The summed E-state index contributed by atoms with van der Waals surface area (Å²) in [5, 5.41) is 3.51. The molecule has 1 saturated heterocycles. The fraction of sp³-hybridized carbons (Fsp3) is 0.400. The molecule has 4 nitrogen and oxygen atoms in total. The molecule has 1 heterocycles.